The van der Waals surface area contributed by atoms with Gasteiger partial charge in [0.2, 0.25) is 0 Å². The third-order valence-corrected chi connectivity index (χ3v) is 5.04. The van der Waals surface area contributed by atoms with Crippen molar-refractivity contribution in [2.24, 2.45) is 5.41 Å². The molecule has 2 aromatic carbocycles. The maximum atomic E-state index is 12.4. The predicted molar refractivity (Wildman–Crippen MR) is 119 cm³/mol. The number of benzene rings is 2. The molecule has 1 heterocycles. The molecule has 3 rings (SSSR count). The van der Waals surface area contributed by atoms with Crippen LogP contribution in [-0.4, -0.2) is 21.8 Å². The molecule has 0 fully saturated rings. The quantitative estimate of drug-likeness (QED) is 0.496. The number of hydrogen-bond donors (Lipinski definition) is 2. The number of rotatable bonds is 8. The molecule has 0 bridgehead atoms. The van der Waals surface area contributed by atoms with E-state index in [9.17, 15) is 14.7 Å². The molecule has 0 aliphatic rings. The number of carbonyl (C=O) groups is 2. The smallest absolute Gasteiger partial charge is 0.309 e. The number of hydrogen-bond acceptors (Lipinski definition) is 4. The predicted octanol–water partition coefficient (Wildman–Crippen LogP) is 5.35. The van der Waals surface area contributed by atoms with Crippen molar-refractivity contribution in [2.45, 2.75) is 33.7 Å². The number of pyridine rings is 1. The number of Topliss-reactive ketones (excluding diaryl/α,β-unsaturated/α-hetero) is 1. The molecule has 0 amide bonds. The van der Waals surface area contributed by atoms with Crippen LogP contribution < -0.4 is 5.32 Å². The third kappa shape index (κ3) is 5.32. The van der Waals surface area contributed by atoms with Gasteiger partial charge in [0.1, 0.15) is 5.82 Å². The van der Waals surface area contributed by atoms with Crippen LogP contribution in [0.15, 0.2) is 66.9 Å². The molecular formula is C25H26N2O3. The lowest BCUT2D eigenvalue weighted by Crippen LogP contribution is -2.26. The van der Waals surface area contributed by atoms with Crippen LogP contribution in [-0.2, 0) is 11.3 Å². The number of carboxylic acids is 1. The fraction of sp³-hybridized carbons (Fsp3) is 0.240. The van der Waals surface area contributed by atoms with E-state index in [0.29, 0.717) is 12.1 Å². The van der Waals surface area contributed by atoms with E-state index in [1.165, 1.54) is 11.1 Å². The lowest BCUT2D eigenvalue weighted by Gasteiger charge is -2.17. The fourth-order valence-corrected chi connectivity index (χ4v) is 3.11. The third-order valence-electron chi connectivity index (χ3n) is 5.04. The molecule has 5 heteroatoms. The number of carboxylic acid groups (broad SMARTS) is 1. The van der Waals surface area contributed by atoms with E-state index in [1.54, 1.807) is 32.2 Å². The summed E-state index contributed by atoms with van der Waals surface area (Å²) in [4.78, 5) is 28.1. The van der Waals surface area contributed by atoms with E-state index >= 15 is 0 Å². The number of carbonyl (C=O) groups excluding carboxylic acids is 1. The van der Waals surface area contributed by atoms with Crippen LogP contribution in [0.5, 0.6) is 0 Å². The highest BCUT2D eigenvalue weighted by molar-refractivity contribution is 5.99. The van der Waals surface area contributed by atoms with Gasteiger partial charge in [0, 0.05) is 30.3 Å². The Bertz CT molecular complexity index is 1040. The maximum Gasteiger partial charge on any atom is 0.309 e. The van der Waals surface area contributed by atoms with Crippen molar-refractivity contribution in [3.05, 3.63) is 83.6 Å². The van der Waals surface area contributed by atoms with Gasteiger partial charge in [-0.1, -0.05) is 54.1 Å². The van der Waals surface area contributed by atoms with Crippen molar-refractivity contribution >= 4 is 17.6 Å². The Hall–Kier alpha value is -3.47. The highest BCUT2D eigenvalue weighted by Crippen LogP contribution is 2.25. The van der Waals surface area contributed by atoms with E-state index in [2.05, 4.69) is 35.4 Å². The highest BCUT2D eigenvalue weighted by Gasteiger charge is 2.30. The van der Waals surface area contributed by atoms with Crippen LogP contribution in [0, 0.1) is 12.3 Å². The van der Waals surface area contributed by atoms with E-state index in [4.69, 9.17) is 0 Å². The van der Waals surface area contributed by atoms with E-state index < -0.39 is 11.4 Å². The Morgan fingerprint density at radius 1 is 1.00 bits per heavy atom. The summed E-state index contributed by atoms with van der Waals surface area (Å²) in [5, 5.41) is 12.5. The maximum absolute atomic E-state index is 12.4. The normalized spacial score (nSPS) is 11.2. The van der Waals surface area contributed by atoms with E-state index in [0.717, 1.165) is 16.9 Å². The number of aryl methyl sites for hydroxylation is 1. The van der Waals surface area contributed by atoms with Crippen LogP contribution in [0.2, 0.25) is 0 Å². The minimum atomic E-state index is -1.08. The Labute approximate surface area is 176 Å². The van der Waals surface area contributed by atoms with Gasteiger partial charge in [-0.3, -0.25) is 9.59 Å². The summed E-state index contributed by atoms with van der Waals surface area (Å²) in [6.45, 7) is 5.89. The minimum absolute atomic E-state index is 0.0372. The van der Waals surface area contributed by atoms with Crippen LogP contribution in [0.25, 0.3) is 11.1 Å². The van der Waals surface area contributed by atoms with Gasteiger partial charge in [-0.15, -0.1) is 0 Å². The Kier molecular flexibility index (Phi) is 6.31. The lowest BCUT2D eigenvalue weighted by atomic mass is 9.85. The first kappa shape index (κ1) is 21.2. The summed E-state index contributed by atoms with van der Waals surface area (Å²) in [5.41, 5.74) is 3.75. The molecule has 1 aromatic heterocycles. The first-order valence-electron chi connectivity index (χ1n) is 9.87. The summed E-state index contributed by atoms with van der Waals surface area (Å²) in [6.07, 6.45) is 1.76. The summed E-state index contributed by atoms with van der Waals surface area (Å²) in [6, 6.07) is 19.4. The van der Waals surface area contributed by atoms with E-state index in [1.807, 2.05) is 30.3 Å². The van der Waals surface area contributed by atoms with Crippen molar-refractivity contribution in [3.63, 3.8) is 0 Å². The zero-order valence-corrected chi connectivity index (χ0v) is 17.5. The SMILES string of the molecule is Cc1cccc(CNc2ccc(-c3ccc(C(=O)CC(C)(C)C(=O)O)cc3)cn2)c1. The molecule has 5 nitrogen and oxygen atoms in total. The molecule has 30 heavy (non-hydrogen) atoms. The second-order valence-electron chi connectivity index (χ2n) is 8.14. The number of aliphatic carboxylic acids is 1. The fourth-order valence-electron chi connectivity index (χ4n) is 3.11. The molecular weight excluding hydrogens is 376 g/mol. The summed E-state index contributed by atoms with van der Waals surface area (Å²) >= 11 is 0. The molecule has 2 N–H and O–H groups in total. The largest absolute Gasteiger partial charge is 0.481 e. The molecule has 0 saturated carbocycles. The van der Waals surface area contributed by atoms with Gasteiger partial charge in [-0.25, -0.2) is 4.98 Å². The van der Waals surface area contributed by atoms with Crippen LogP contribution >= 0.6 is 0 Å². The average molecular weight is 402 g/mol. The number of anilines is 1. The molecule has 0 radical (unpaired) electrons. The van der Waals surface area contributed by atoms with Crippen molar-refractivity contribution < 1.29 is 14.7 Å². The Morgan fingerprint density at radius 3 is 2.30 bits per heavy atom. The highest BCUT2D eigenvalue weighted by atomic mass is 16.4. The Balaban J connectivity index is 1.63. The molecule has 0 spiro atoms. The molecule has 0 unspecified atom stereocenters. The molecule has 0 aliphatic heterocycles. The number of nitrogens with one attached hydrogen (secondary N) is 1. The van der Waals surface area contributed by atoms with Gasteiger partial charge in [0.15, 0.2) is 5.78 Å². The van der Waals surface area contributed by atoms with Crippen molar-refractivity contribution in [2.75, 3.05) is 5.32 Å². The van der Waals surface area contributed by atoms with Gasteiger partial charge >= 0.3 is 5.97 Å². The number of nitrogens with zero attached hydrogens (tertiary/aromatic N) is 1. The monoisotopic (exact) mass is 402 g/mol. The summed E-state index contributed by atoms with van der Waals surface area (Å²) in [7, 11) is 0. The summed E-state index contributed by atoms with van der Waals surface area (Å²) in [5.74, 6) is -0.361. The molecule has 3 aromatic rings. The summed E-state index contributed by atoms with van der Waals surface area (Å²) < 4.78 is 0. The van der Waals surface area contributed by atoms with Gasteiger partial charge < -0.3 is 10.4 Å². The topological polar surface area (TPSA) is 79.3 Å². The zero-order chi connectivity index (χ0) is 21.7. The minimum Gasteiger partial charge on any atom is -0.481 e. The number of ketones is 1. The van der Waals surface area contributed by atoms with Crippen LogP contribution in [0.4, 0.5) is 5.82 Å². The van der Waals surface area contributed by atoms with Crippen molar-refractivity contribution in [1.82, 2.24) is 4.98 Å². The molecule has 0 saturated heterocycles. The molecule has 0 atom stereocenters. The van der Waals surface area contributed by atoms with Gasteiger partial charge in [-0.05, 0) is 44.0 Å². The molecule has 154 valence electrons. The molecule has 0 aliphatic carbocycles. The van der Waals surface area contributed by atoms with Crippen molar-refractivity contribution in [3.8, 4) is 11.1 Å². The standard InChI is InChI=1S/C25H26N2O3/c1-17-5-4-6-18(13-17)15-26-23-12-11-21(16-27-23)19-7-9-20(10-8-19)22(28)14-25(2,3)24(29)30/h4-13,16H,14-15H2,1-3H3,(H,26,27)(H,29,30). The lowest BCUT2D eigenvalue weighted by molar-refractivity contribution is -0.146. The van der Waals surface area contributed by atoms with Crippen molar-refractivity contribution in [1.29, 1.82) is 0 Å². The van der Waals surface area contributed by atoms with Gasteiger partial charge in [-0.2, -0.15) is 0 Å². The first-order chi connectivity index (χ1) is 14.2. The van der Waals surface area contributed by atoms with E-state index in [-0.39, 0.29) is 12.2 Å². The van der Waals surface area contributed by atoms with Crippen LogP contribution in [0.1, 0.15) is 41.8 Å². The van der Waals surface area contributed by atoms with Crippen LogP contribution in [0.3, 0.4) is 0 Å². The number of aromatic nitrogens is 1. The second-order valence-corrected chi connectivity index (χ2v) is 8.14. The zero-order valence-electron chi connectivity index (χ0n) is 17.5. The second kappa shape index (κ2) is 8.91. The average Bonchev–Trinajstić information content (AvgIpc) is 2.72. The van der Waals surface area contributed by atoms with Gasteiger partial charge in [0.25, 0.3) is 0 Å². The Morgan fingerprint density at radius 2 is 1.70 bits per heavy atom. The van der Waals surface area contributed by atoms with Gasteiger partial charge in [0.05, 0.1) is 5.41 Å². The first-order valence-corrected chi connectivity index (χ1v) is 9.87.